The van der Waals surface area contributed by atoms with Gasteiger partial charge in [0.25, 0.3) is 5.95 Å². The van der Waals surface area contributed by atoms with Gasteiger partial charge in [0.2, 0.25) is 5.91 Å². The highest BCUT2D eigenvalue weighted by atomic mass is 16.5. The molecule has 3 heterocycles. The van der Waals surface area contributed by atoms with Crippen LogP contribution in [-0.4, -0.2) is 45.1 Å². The molecular weight excluding hydrogens is 420 g/mol. The maximum atomic E-state index is 12.7. The lowest BCUT2D eigenvalue weighted by atomic mass is 9.85. The Kier molecular flexibility index (Phi) is 5.21. The van der Waals surface area contributed by atoms with Crippen LogP contribution in [0.1, 0.15) is 29.2 Å². The molecule has 1 unspecified atom stereocenters. The third-order valence-corrected chi connectivity index (χ3v) is 5.73. The zero-order chi connectivity index (χ0) is 22.9. The highest BCUT2D eigenvalue weighted by Gasteiger charge is 2.34. The van der Waals surface area contributed by atoms with Crippen molar-refractivity contribution in [2.45, 2.75) is 19.3 Å². The number of amides is 1. The van der Waals surface area contributed by atoms with Gasteiger partial charge in [-0.05, 0) is 13.0 Å². The first kappa shape index (κ1) is 20.6. The van der Waals surface area contributed by atoms with Gasteiger partial charge in [-0.3, -0.25) is 4.79 Å². The summed E-state index contributed by atoms with van der Waals surface area (Å²) in [5.41, 5.74) is 4.12. The van der Waals surface area contributed by atoms with Crippen LogP contribution in [0.25, 0.3) is 17.2 Å². The largest absolute Gasteiger partial charge is 0.497 e. The molecule has 0 saturated heterocycles. The molecule has 0 fully saturated rings. The van der Waals surface area contributed by atoms with E-state index in [-0.39, 0.29) is 24.2 Å². The highest BCUT2D eigenvalue weighted by Crippen LogP contribution is 2.43. The second-order valence-electron chi connectivity index (χ2n) is 7.68. The summed E-state index contributed by atoms with van der Waals surface area (Å²) in [6.45, 7) is 1.91. The van der Waals surface area contributed by atoms with Crippen LogP contribution in [0, 0.1) is 6.92 Å². The van der Waals surface area contributed by atoms with E-state index in [9.17, 15) is 4.79 Å². The van der Waals surface area contributed by atoms with Crippen LogP contribution >= 0.6 is 0 Å². The number of aryl methyl sites for hydroxylation is 1. The molecule has 0 aliphatic carbocycles. The minimum atomic E-state index is -0.242. The molecule has 5 rings (SSSR count). The van der Waals surface area contributed by atoms with E-state index in [2.05, 4.69) is 25.6 Å². The van der Waals surface area contributed by atoms with E-state index in [1.165, 1.54) is 0 Å². The fourth-order valence-corrected chi connectivity index (χ4v) is 4.20. The molecule has 9 nitrogen and oxygen atoms in total. The summed E-state index contributed by atoms with van der Waals surface area (Å²) in [6, 6.07) is 15.3. The molecule has 0 radical (unpaired) electrons. The van der Waals surface area contributed by atoms with Crippen LogP contribution in [-0.2, 0) is 4.79 Å². The van der Waals surface area contributed by atoms with Crippen LogP contribution in [0.2, 0.25) is 0 Å². The number of benzene rings is 2. The Hall–Kier alpha value is -4.27. The van der Waals surface area contributed by atoms with E-state index in [0.717, 1.165) is 22.4 Å². The number of methoxy groups -OCH3 is 2. The summed E-state index contributed by atoms with van der Waals surface area (Å²) >= 11 is 0. The van der Waals surface area contributed by atoms with Gasteiger partial charge in [0.05, 0.1) is 31.8 Å². The van der Waals surface area contributed by atoms with Crippen molar-refractivity contribution in [3.63, 3.8) is 0 Å². The summed E-state index contributed by atoms with van der Waals surface area (Å²) in [5.74, 6) is 1.78. The van der Waals surface area contributed by atoms with Gasteiger partial charge in [-0.1, -0.05) is 36.4 Å². The van der Waals surface area contributed by atoms with Gasteiger partial charge >= 0.3 is 0 Å². The molecule has 4 aromatic rings. The molecule has 0 spiro atoms. The summed E-state index contributed by atoms with van der Waals surface area (Å²) in [7, 11) is 3.21. The number of hydrogen-bond acceptors (Lipinski definition) is 7. The maximum Gasteiger partial charge on any atom is 0.272 e. The number of rotatable bonds is 5. The van der Waals surface area contributed by atoms with E-state index in [0.29, 0.717) is 23.0 Å². The van der Waals surface area contributed by atoms with Crippen molar-refractivity contribution in [1.29, 1.82) is 0 Å². The lowest BCUT2D eigenvalue weighted by Gasteiger charge is -2.25. The zero-order valence-corrected chi connectivity index (χ0v) is 18.4. The van der Waals surface area contributed by atoms with Crippen LogP contribution in [0.15, 0.2) is 54.7 Å². The Morgan fingerprint density at radius 1 is 1.09 bits per heavy atom. The van der Waals surface area contributed by atoms with Crippen molar-refractivity contribution in [3.05, 3.63) is 71.5 Å². The average Bonchev–Trinajstić information content (AvgIpc) is 3.19. The minimum Gasteiger partial charge on any atom is -0.497 e. The topological polar surface area (TPSA) is 104 Å². The van der Waals surface area contributed by atoms with Crippen LogP contribution in [0.5, 0.6) is 11.5 Å². The molecule has 2 aromatic heterocycles. The van der Waals surface area contributed by atoms with Crippen LogP contribution in [0.3, 0.4) is 0 Å². The highest BCUT2D eigenvalue weighted by molar-refractivity contribution is 5.95. The first-order chi connectivity index (χ1) is 16.1. The molecule has 1 aliphatic rings. The van der Waals surface area contributed by atoms with E-state index < -0.39 is 0 Å². The molecule has 1 atom stereocenters. The number of fused-ring (bicyclic) bond motifs is 1. The van der Waals surface area contributed by atoms with Gasteiger partial charge in [-0.25, -0.2) is 4.98 Å². The smallest absolute Gasteiger partial charge is 0.272 e. The van der Waals surface area contributed by atoms with Crippen LogP contribution in [0.4, 0.5) is 5.82 Å². The van der Waals surface area contributed by atoms with Gasteiger partial charge < -0.3 is 14.8 Å². The second kappa shape index (κ2) is 8.34. The number of ether oxygens (including phenoxy) is 2. The van der Waals surface area contributed by atoms with Gasteiger partial charge in [0, 0.05) is 35.1 Å². The molecule has 9 heteroatoms. The standard InChI is InChI=1S/C24H22N6O3/c1-14-22-18(17-10-9-16(32-2)11-20(17)33-3)12-21(31)27-23(22)30(29-14)24-26-19(13-25-28-24)15-7-5-4-6-8-15/h4-11,13,18H,12H2,1-3H3,(H,27,31). The minimum absolute atomic E-state index is 0.126. The third kappa shape index (κ3) is 3.67. The Labute approximate surface area is 190 Å². The Balaban J connectivity index is 1.63. The summed E-state index contributed by atoms with van der Waals surface area (Å²) in [5, 5.41) is 15.9. The zero-order valence-electron chi connectivity index (χ0n) is 18.4. The molecule has 33 heavy (non-hydrogen) atoms. The fourth-order valence-electron chi connectivity index (χ4n) is 4.20. The molecular formula is C24H22N6O3. The number of aromatic nitrogens is 5. The molecule has 166 valence electrons. The summed E-state index contributed by atoms with van der Waals surface area (Å²) < 4.78 is 12.5. The van der Waals surface area contributed by atoms with Crippen molar-refractivity contribution in [2.75, 3.05) is 19.5 Å². The third-order valence-electron chi connectivity index (χ3n) is 5.73. The number of carbonyl (C=O) groups is 1. The van der Waals surface area contributed by atoms with E-state index >= 15 is 0 Å². The summed E-state index contributed by atoms with van der Waals surface area (Å²) in [4.78, 5) is 17.4. The van der Waals surface area contributed by atoms with Crippen LogP contribution < -0.4 is 14.8 Å². The monoisotopic (exact) mass is 442 g/mol. The van der Waals surface area contributed by atoms with E-state index in [1.54, 1.807) is 25.1 Å². The van der Waals surface area contributed by atoms with E-state index in [1.807, 2.05) is 55.5 Å². The number of carbonyl (C=O) groups excluding carboxylic acids is 1. The van der Waals surface area contributed by atoms with Crippen molar-refractivity contribution >= 4 is 11.7 Å². The Bertz CT molecular complexity index is 1340. The lowest BCUT2D eigenvalue weighted by Crippen LogP contribution is -2.25. The summed E-state index contributed by atoms with van der Waals surface area (Å²) in [6.07, 6.45) is 1.87. The lowest BCUT2D eigenvalue weighted by molar-refractivity contribution is -0.116. The van der Waals surface area contributed by atoms with Crippen molar-refractivity contribution in [2.24, 2.45) is 0 Å². The number of hydrogen-bond donors (Lipinski definition) is 1. The van der Waals surface area contributed by atoms with E-state index in [4.69, 9.17) is 9.47 Å². The Morgan fingerprint density at radius 3 is 2.67 bits per heavy atom. The SMILES string of the molecule is COc1ccc(C2CC(=O)Nc3c2c(C)nn3-c2nncc(-c3ccccc3)n2)c(OC)c1. The number of anilines is 1. The second-order valence-corrected chi connectivity index (χ2v) is 7.68. The average molecular weight is 442 g/mol. The predicted octanol–water partition coefficient (Wildman–Crippen LogP) is 3.52. The normalized spacial score (nSPS) is 15.0. The molecule has 0 bridgehead atoms. The van der Waals surface area contributed by atoms with Crippen molar-refractivity contribution < 1.29 is 14.3 Å². The fraction of sp³-hybridized carbons (Fsp3) is 0.208. The first-order valence-electron chi connectivity index (χ1n) is 10.5. The van der Waals surface area contributed by atoms with Gasteiger partial charge in [0.1, 0.15) is 17.3 Å². The number of nitrogens with zero attached hydrogens (tertiary/aromatic N) is 5. The maximum absolute atomic E-state index is 12.7. The molecule has 2 aromatic carbocycles. The van der Waals surface area contributed by atoms with Crippen molar-refractivity contribution in [1.82, 2.24) is 25.0 Å². The first-order valence-corrected chi connectivity index (χ1v) is 10.5. The van der Waals surface area contributed by atoms with Gasteiger partial charge in [-0.15, -0.1) is 5.10 Å². The molecule has 1 N–H and O–H groups in total. The molecule has 0 saturated carbocycles. The van der Waals surface area contributed by atoms with Gasteiger partial charge in [-0.2, -0.15) is 14.9 Å². The molecule has 1 amide bonds. The van der Waals surface area contributed by atoms with Gasteiger partial charge in [0.15, 0.2) is 0 Å². The Morgan fingerprint density at radius 2 is 1.91 bits per heavy atom. The van der Waals surface area contributed by atoms with Crippen molar-refractivity contribution in [3.8, 4) is 28.7 Å². The predicted molar refractivity (Wildman–Crippen MR) is 122 cm³/mol. The quantitative estimate of drug-likeness (QED) is 0.504. The molecule has 1 aliphatic heterocycles. The number of nitrogens with one attached hydrogen (secondary N) is 1.